The molecule has 1 N–H and O–H groups in total. The summed E-state index contributed by atoms with van der Waals surface area (Å²) in [5.41, 5.74) is 1.25. The summed E-state index contributed by atoms with van der Waals surface area (Å²) >= 11 is 0. The molecule has 1 aromatic carbocycles. The van der Waals surface area contributed by atoms with E-state index in [9.17, 15) is 15.0 Å². The van der Waals surface area contributed by atoms with Crippen LogP contribution in [0.5, 0.6) is 0 Å². The molecule has 0 bridgehead atoms. The summed E-state index contributed by atoms with van der Waals surface area (Å²) in [5, 5.41) is 20.7. The average molecular weight is 227 g/mol. The van der Waals surface area contributed by atoms with Crippen LogP contribution in [0.4, 0.5) is 0 Å². The van der Waals surface area contributed by atoms with Gasteiger partial charge in [0.05, 0.1) is 5.97 Å². The number of carbonyl (C=O) groups is 1. The van der Waals surface area contributed by atoms with Crippen LogP contribution in [-0.4, -0.2) is 15.6 Å². The number of nitrogens with zero attached hydrogens (tertiary/aromatic N) is 1. The van der Waals surface area contributed by atoms with E-state index in [4.69, 9.17) is 0 Å². The van der Waals surface area contributed by atoms with Gasteiger partial charge in [0.2, 0.25) is 0 Å². The van der Waals surface area contributed by atoms with E-state index in [-0.39, 0.29) is 29.6 Å². The zero-order valence-corrected chi connectivity index (χ0v) is 11.2. The number of para-hydroxylation sites is 1. The quantitative estimate of drug-likeness (QED) is 0.555. The Labute approximate surface area is 115 Å². The standard InChI is InChI=1S/C11H11NO3.Na/c1-12-6-8(10(13)11(14)15)7-4-2-3-5-9(7)12;/h2-6,10,13H,1H3,(H,14,15);/q;+1/p-1. The maximum atomic E-state index is 10.6. The van der Waals surface area contributed by atoms with Gasteiger partial charge in [0.15, 0.2) is 0 Å². The number of hydrogen-bond donors (Lipinski definition) is 1. The van der Waals surface area contributed by atoms with Gasteiger partial charge in [-0.15, -0.1) is 0 Å². The molecule has 16 heavy (non-hydrogen) atoms. The number of carbonyl (C=O) groups excluding carboxylic acids is 1. The Morgan fingerprint density at radius 1 is 1.44 bits per heavy atom. The van der Waals surface area contributed by atoms with Crippen molar-refractivity contribution in [2.45, 2.75) is 6.10 Å². The van der Waals surface area contributed by atoms with Crippen molar-refractivity contribution in [3.63, 3.8) is 0 Å². The Balaban J connectivity index is 0.00000128. The third-order valence-electron chi connectivity index (χ3n) is 2.45. The molecule has 5 heteroatoms. The molecule has 2 aromatic rings. The molecule has 0 spiro atoms. The largest absolute Gasteiger partial charge is 1.00 e. The second kappa shape index (κ2) is 5.01. The number of aliphatic carboxylic acids is 1. The molecule has 1 atom stereocenters. The van der Waals surface area contributed by atoms with Crippen molar-refractivity contribution in [3.8, 4) is 0 Å². The topological polar surface area (TPSA) is 65.3 Å². The first-order valence-electron chi connectivity index (χ1n) is 4.54. The van der Waals surface area contributed by atoms with Gasteiger partial charge in [0.1, 0.15) is 6.10 Å². The number of hydrogen-bond acceptors (Lipinski definition) is 3. The Kier molecular flexibility index (Phi) is 4.15. The van der Waals surface area contributed by atoms with E-state index in [0.29, 0.717) is 5.56 Å². The third-order valence-corrected chi connectivity index (χ3v) is 2.45. The number of fused-ring (bicyclic) bond motifs is 1. The predicted octanol–water partition coefficient (Wildman–Crippen LogP) is -3.03. The van der Waals surface area contributed by atoms with E-state index in [1.807, 2.05) is 12.1 Å². The van der Waals surface area contributed by atoms with E-state index in [2.05, 4.69) is 0 Å². The molecule has 1 heterocycles. The fraction of sp³-hybridized carbons (Fsp3) is 0.182. The zero-order valence-electron chi connectivity index (χ0n) is 9.18. The van der Waals surface area contributed by atoms with Gasteiger partial charge < -0.3 is 19.6 Å². The number of carboxylic acids is 1. The minimum Gasteiger partial charge on any atom is -0.547 e. The van der Waals surface area contributed by atoms with Crippen LogP contribution in [0.15, 0.2) is 30.5 Å². The summed E-state index contributed by atoms with van der Waals surface area (Å²) in [6.07, 6.45) is 0.0293. The van der Waals surface area contributed by atoms with E-state index in [1.54, 1.807) is 29.9 Å². The number of aromatic nitrogens is 1. The van der Waals surface area contributed by atoms with Crippen LogP contribution in [0.1, 0.15) is 11.7 Å². The van der Waals surface area contributed by atoms with Gasteiger partial charge >= 0.3 is 29.6 Å². The fourth-order valence-electron chi connectivity index (χ4n) is 1.72. The van der Waals surface area contributed by atoms with Crippen molar-refractivity contribution >= 4 is 16.9 Å². The van der Waals surface area contributed by atoms with Gasteiger partial charge in [0, 0.05) is 29.7 Å². The molecule has 0 saturated carbocycles. The SMILES string of the molecule is Cn1cc(C(O)C(=O)[O-])c2ccccc21.[Na+]. The number of aliphatic hydroxyl groups is 1. The van der Waals surface area contributed by atoms with Crippen molar-refractivity contribution in [1.82, 2.24) is 4.57 Å². The number of benzene rings is 1. The molecule has 4 nitrogen and oxygen atoms in total. The molecule has 0 fully saturated rings. The van der Waals surface area contributed by atoms with Crippen molar-refractivity contribution in [2.75, 3.05) is 0 Å². The van der Waals surface area contributed by atoms with Crippen LogP contribution >= 0.6 is 0 Å². The third kappa shape index (κ3) is 2.15. The first kappa shape index (κ1) is 13.3. The van der Waals surface area contributed by atoms with Crippen molar-refractivity contribution in [1.29, 1.82) is 0 Å². The zero-order chi connectivity index (χ0) is 11.0. The van der Waals surface area contributed by atoms with Crippen LogP contribution in [0.3, 0.4) is 0 Å². The van der Waals surface area contributed by atoms with Gasteiger partial charge in [-0.2, -0.15) is 0 Å². The van der Waals surface area contributed by atoms with Crippen molar-refractivity contribution < 1.29 is 44.6 Å². The van der Waals surface area contributed by atoms with Gasteiger partial charge in [-0.25, -0.2) is 0 Å². The van der Waals surface area contributed by atoms with Crippen LogP contribution in [0, 0.1) is 0 Å². The van der Waals surface area contributed by atoms with Crippen LogP contribution in [-0.2, 0) is 11.8 Å². The second-order valence-electron chi connectivity index (χ2n) is 3.43. The smallest absolute Gasteiger partial charge is 0.547 e. The number of aliphatic hydroxyl groups excluding tert-OH is 1. The summed E-state index contributed by atoms with van der Waals surface area (Å²) in [5.74, 6) is -1.48. The van der Waals surface area contributed by atoms with E-state index < -0.39 is 12.1 Å². The molecule has 0 aliphatic carbocycles. The first-order chi connectivity index (χ1) is 7.11. The molecule has 0 aliphatic rings. The van der Waals surface area contributed by atoms with Gasteiger partial charge in [-0.1, -0.05) is 18.2 Å². The molecule has 0 radical (unpaired) electrons. The Hall–Kier alpha value is -0.810. The number of aryl methyl sites for hydroxylation is 1. The monoisotopic (exact) mass is 227 g/mol. The molecule has 0 saturated heterocycles. The molecule has 2 rings (SSSR count). The average Bonchev–Trinajstić information content (AvgIpc) is 2.56. The maximum Gasteiger partial charge on any atom is 1.00 e. The molecule has 0 aliphatic heterocycles. The fourth-order valence-corrected chi connectivity index (χ4v) is 1.72. The van der Waals surface area contributed by atoms with Gasteiger partial charge in [-0.3, -0.25) is 0 Å². The van der Waals surface area contributed by atoms with Crippen LogP contribution < -0.4 is 34.7 Å². The van der Waals surface area contributed by atoms with Crippen LogP contribution in [0.2, 0.25) is 0 Å². The number of carboxylic acid groups (broad SMARTS) is 1. The molecule has 1 aromatic heterocycles. The summed E-state index contributed by atoms with van der Waals surface area (Å²) in [7, 11) is 1.80. The molecular weight excluding hydrogens is 217 g/mol. The van der Waals surface area contributed by atoms with Crippen molar-refractivity contribution in [2.24, 2.45) is 7.05 Å². The van der Waals surface area contributed by atoms with Crippen molar-refractivity contribution in [3.05, 3.63) is 36.0 Å². The molecular formula is C11H10NNaO3. The van der Waals surface area contributed by atoms with E-state index in [0.717, 1.165) is 10.9 Å². The summed E-state index contributed by atoms with van der Waals surface area (Å²) in [4.78, 5) is 10.6. The Bertz CT molecular complexity index is 521. The second-order valence-corrected chi connectivity index (χ2v) is 3.43. The molecule has 1 unspecified atom stereocenters. The molecule has 78 valence electrons. The maximum absolute atomic E-state index is 10.6. The Morgan fingerprint density at radius 3 is 2.69 bits per heavy atom. The van der Waals surface area contributed by atoms with Crippen LogP contribution in [0.25, 0.3) is 10.9 Å². The number of rotatable bonds is 2. The summed E-state index contributed by atoms with van der Waals surface area (Å²) < 4.78 is 1.77. The minimum atomic E-state index is -1.57. The van der Waals surface area contributed by atoms with E-state index in [1.165, 1.54) is 0 Å². The predicted molar refractivity (Wildman–Crippen MR) is 52.9 cm³/mol. The molecule has 0 amide bonds. The first-order valence-corrected chi connectivity index (χ1v) is 4.54. The van der Waals surface area contributed by atoms with E-state index >= 15 is 0 Å². The normalized spacial score (nSPS) is 12.1. The minimum absolute atomic E-state index is 0. The summed E-state index contributed by atoms with van der Waals surface area (Å²) in [6, 6.07) is 7.29. The van der Waals surface area contributed by atoms with Gasteiger partial charge in [-0.05, 0) is 6.07 Å². The van der Waals surface area contributed by atoms with Gasteiger partial charge in [0.25, 0.3) is 0 Å². The summed E-state index contributed by atoms with van der Waals surface area (Å²) in [6.45, 7) is 0. The Morgan fingerprint density at radius 2 is 2.06 bits per heavy atom.